The molecule has 3 atom stereocenters. The van der Waals surface area contributed by atoms with E-state index in [1.165, 1.54) is 10.8 Å². The number of alkyl halides is 1. The zero-order chi connectivity index (χ0) is 15.8. The van der Waals surface area contributed by atoms with Crippen LogP contribution >= 0.6 is 0 Å². The second-order valence-electron chi connectivity index (χ2n) is 5.52. The quantitative estimate of drug-likeness (QED) is 0.599. The largest absolute Gasteiger partial charge is 0.394 e. The van der Waals surface area contributed by atoms with E-state index in [1.807, 2.05) is 0 Å². The van der Waals surface area contributed by atoms with E-state index in [2.05, 4.69) is 10.1 Å². The van der Waals surface area contributed by atoms with Gasteiger partial charge in [-0.05, 0) is 12.1 Å². The average molecular weight is 298 g/mol. The lowest BCUT2D eigenvalue weighted by atomic mass is 9.80. The molecule has 2 aromatic rings. The predicted octanol–water partition coefficient (Wildman–Crippen LogP) is -0.359. The number of nitrogens with two attached hydrogens (primary N) is 1. The van der Waals surface area contributed by atoms with Crippen LogP contribution in [0, 0.1) is 0 Å². The SMILES string of the molecule is CC(C)(c1ccc2c(N)ncnn12)[C@H](F)[C@H](O)[C@H](O)CO. The summed E-state index contributed by atoms with van der Waals surface area (Å²) in [6.07, 6.45) is -3.82. The Morgan fingerprint density at radius 3 is 2.67 bits per heavy atom. The van der Waals surface area contributed by atoms with Gasteiger partial charge in [0.05, 0.1) is 12.3 Å². The smallest absolute Gasteiger partial charge is 0.151 e. The van der Waals surface area contributed by atoms with Crippen LogP contribution in [0.4, 0.5) is 10.2 Å². The van der Waals surface area contributed by atoms with E-state index in [0.29, 0.717) is 11.2 Å². The first-order chi connectivity index (χ1) is 9.80. The van der Waals surface area contributed by atoms with E-state index < -0.39 is 30.4 Å². The molecule has 0 aliphatic carbocycles. The van der Waals surface area contributed by atoms with Crippen molar-refractivity contribution in [3.8, 4) is 0 Å². The van der Waals surface area contributed by atoms with E-state index in [0.717, 1.165) is 0 Å². The van der Waals surface area contributed by atoms with Gasteiger partial charge in [0.25, 0.3) is 0 Å². The van der Waals surface area contributed by atoms with E-state index in [4.69, 9.17) is 10.8 Å². The first-order valence-corrected chi connectivity index (χ1v) is 6.50. The molecule has 0 amide bonds. The van der Waals surface area contributed by atoms with Crippen LogP contribution in [-0.4, -0.2) is 54.9 Å². The molecule has 0 fully saturated rings. The molecular formula is C13H19FN4O3. The molecule has 2 rings (SSSR count). The average Bonchev–Trinajstić information content (AvgIpc) is 2.90. The number of nitrogen functional groups attached to an aromatic ring is 1. The molecule has 8 heteroatoms. The van der Waals surface area contributed by atoms with Gasteiger partial charge in [-0.3, -0.25) is 0 Å². The Morgan fingerprint density at radius 2 is 2.05 bits per heavy atom. The van der Waals surface area contributed by atoms with E-state index in [1.54, 1.807) is 26.0 Å². The van der Waals surface area contributed by atoms with Gasteiger partial charge in [-0.2, -0.15) is 5.10 Å². The van der Waals surface area contributed by atoms with Crippen molar-refractivity contribution in [3.05, 3.63) is 24.2 Å². The van der Waals surface area contributed by atoms with Crippen LogP contribution in [0.3, 0.4) is 0 Å². The van der Waals surface area contributed by atoms with Gasteiger partial charge in [0.2, 0.25) is 0 Å². The van der Waals surface area contributed by atoms with Crippen LogP contribution in [0.5, 0.6) is 0 Å². The number of aromatic nitrogens is 3. The monoisotopic (exact) mass is 298 g/mol. The van der Waals surface area contributed by atoms with Crippen molar-refractivity contribution >= 4 is 11.3 Å². The third-order valence-corrected chi connectivity index (χ3v) is 3.71. The zero-order valence-corrected chi connectivity index (χ0v) is 11.8. The van der Waals surface area contributed by atoms with Gasteiger partial charge in [-0.25, -0.2) is 13.9 Å². The number of anilines is 1. The number of rotatable bonds is 5. The lowest BCUT2D eigenvalue weighted by Crippen LogP contribution is -2.47. The van der Waals surface area contributed by atoms with E-state index in [-0.39, 0.29) is 5.82 Å². The van der Waals surface area contributed by atoms with Crippen molar-refractivity contribution in [1.29, 1.82) is 0 Å². The molecule has 0 aromatic carbocycles. The molecule has 2 heterocycles. The van der Waals surface area contributed by atoms with Crippen LogP contribution in [0.2, 0.25) is 0 Å². The molecule has 0 aliphatic rings. The Labute approximate surface area is 120 Å². The highest BCUT2D eigenvalue weighted by molar-refractivity contribution is 5.65. The van der Waals surface area contributed by atoms with Gasteiger partial charge in [0.1, 0.15) is 30.2 Å². The van der Waals surface area contributed by atoms with Crippen molar-refractivity contribution in [3.63, 3.8) is 0 Å². The van der Waals surface area contributed by atoms with Gasteiger partial charge in [-0.1, -0.05) is 13.8 Å². The molecule has 0 radical (unpaired) electrons. The van der Waals surface area contributed by atoms with Crippen molar-refractivity contribution in [1.82, 2.24) is 14.6 Å². The molecule has 2 aromatic heterocycles. The minimum absolute atomic E-state index is 0.262. The third-order valence-electron chi connectivity index (χ3n) is 3.71. The number of hydrogen-bond donors (Lipinski definition) is 4. The topological polar surface area (TPSA) is 117 Å². The molecule has 116 valence electrons. The first kappa shape index (κ1) is 15.6. The highest BCUT2D eigenvalue weighted by atomic mass is 19.1. The number of nitrogens with zero attached hydrogens (tertiary/aromatic N) is 3. The molecule has 5 N–H and O–H groups in total. The van der Waals surface area contributed by atoms with Crippen LogP contribution < -0.4 is 5.73 Å². The van der Waals surface area contributed by atoms with Crippen molar-refractivity contribution in [2.45, 2.75) is 37.6 Å². The first-order valence-electron chi connectivity index (χ1n) is 6.50. The second-order valence-corrected chi connectivity index (χ2v) is 5.52. The van der Waals surface area contributed by atoms with Gasteiger partial charge < -0.3 is 21.1 Å². The van der Waals surface area contributed by atoms with Gasteiger partial charge in [0.15, 0.2) is 5.82 Å². The van der Waals surface area contributed by atoms with Gasteiger partial charge in [0, 0.05) is 5.41 Å². The summed E-state index contributed by atoms with van der Waals surface area (Å²) in [7, 11) is 0. The highest BCUT2D eigenvalue weighted by Gasteiger charge is 2.41. The molecule has 7 nitrogen and oxygen atoms in total. The van der Waals surface area contributed by atoms with Crippen LogP contribution in [0.1, 0.15) is 19.5 Å². The summed E-state index contributed by atoms with van der Waals surface area (Å²) in [6.45, 7) is 2.43. The summed E-state index contributed by atoms with van der Waals surface area (Å²) in [5, 5.41) is 32.1. The number of fused-ring (bicyclic) bond motifs is 1. The fourth-order valence-corrected chi connectivity index (χ4v) is 2.31. The summed E-state index contributed by atoms with van der Waals surface area (Å²) in [5.74, 6) is 0.262. The fraction of sp³-hybridized carbons (Fsp3) is 0.538. The number of aliphatic hydroxyl groups excluding tert-OH is 3. The van der Waals surface area contributed by atoms with E-state index in [9.17, 15) is 14.6 Å². The summed E-state index contributed by atoms with van der Waals surface area (Å²) < 4.78 is 16.0. The van der Waals surface area contributed by atoms with Gasteiger partial charge in [-0.15, -0.1) is 0 Å². The molecule has 0 aliphatic heterocycles. The van der Waals surface area contributed by atoms with Crippen LogP contribution in [0.15, 0.2) is 18.5 Å². The maximum absolute atomic E-state index is 14.6. The standard InChI is InChI=1S/C13H19FN4O3/c1-13(2,11(14)10(21)8(20)5-19)9-4-3-7-12(15)16-6-17-18(7)9/h3-4,6,8,10-11,19-21H,5H2,1-2H3,(H2,15,16,17)/t8-,10-,11-/m1/s1. The van der Waals surface area contributed by atoms with Crippen molar-refractivity contribution in [2.75, 3.05) is 12.3 Å². The van der Waals surface area contributed by atoms with Gasteiger partial charge >= 0.3 is 0 Å². The Hall–Kier alpha value is -1.77. The van der Waals surface area contributed by atoms with E-state index >= 15 is 0 Å². The fourth-order valence-electron chi connectivity index (χ4n) is 2.31. The molecule has 21 heavy (non-hydrogen) atoms. The predicted molar refractivity (Wildman–Crippen MR) is 74.4 cm³/mol. The molecule has 0 spiro atoms. The third kappa shape index (κ3) is 2.57. The normalized spacial score (nSPS) is 16.9. The Balaban J connectivity index is 2.44. The van der Waals surface area contributed by atoms with Crippen molar-refractivity contribution < 1.29 is 19.7 Å². The Morgan fingerprint density at radius 1 is 1.38 bits per heavy atom. The van der Waals surface area contributed by atoms with Crippen LogP contribution in [0.25, 0.3) is 5.52 Å². The number of aliphatic hydroxyl groups is 3. The van der Waals surface area contributed by atoms with Crippen molar-refractivity contribution in [2.24, 2.45) is 0 Å². The highest BCUT2D eigenvalue weighted by Crippen LogP contribution is 2.33. The molecule has 0 unspecified atom stereocenters. The summed E-state index contributed by atoms with van der Waals surface area (Å²) in [6, 6.07) is 3.30. The summed E-state index contributed by atoms with van der Waals surface area (Å²) >= 11 is 0. The zero-order valence-electron chi connectivity index (χ0n) is 11.8. The molecular weight excluding hydrogens is 279 g/mol. The Bertz CT molecular complexity index is 631. The lowest BCUT2D eigenvalue weighted by molar-refractivity contribution is -0.0690. The molecule has 0 saturated carbocycles. The molecule has 0 bridgehead atoms. The maximum Gasteiger partial charge on any atom is 0.151 e. The minimum Gasteiger partial charge on any atom is -0.394 e. The van der Waals surface area contributed by atoms with Crippen LogP contribution in [-0.2, 0) is 5.41 Å². The second kappa shape index (κ2) is 5.55. The Kier molecular flexibility index (Phi) is 4.13. The maximum atomic E-state index is 14.6. The summed E-state index contributed by atoms with van der Waals surface area (Å²) in [4.78, 5) is 3.85. The lowest BCUT2D eigenvalue weighted by Gasteiger charge is -2.33. The molecule has 0 saturated heterocycles. The minimum atomic E-state index is -1.81. The summed E-state index contributed by atoms with van der Waals surface area (Å²) in [5.41, 5.74) is 5.57. The number of hydrogen-bond acceptors (Lipinski definition) is 6. The number of halogens is 1.